The zero-order chi connectivity index (χ0) is 16.1. The second-order valence-corrected chi connectivity index (χ2v) is 6.34. The topological polar surface area (TPSA) is 25.6 Å². The molecule has 0 amide bonds. The molecule has 1 unspecified atom stereocenters. The van der Waals surface area contributed by atoms with Gasteiger partial charge in [-0.1, -0.05) is 19.1 Å². The normalized spacial score (nSPS) is 17.3. The summed E-state index contributed by atoms with van der Waals surface area (Å²) in [7, 11) is 1.78. The van der Waals surface area contributed by atoms with Crippen molar-refractivity contribution in [3.05, 3.63) is 53.5 Å². The van der Waals surface area contributed by atoms with E-state index in [1.807, 2.05) is 6.07 Å². The van der Waals surface area contributed by atoms with E-state index in [-0.39, 0.29) is 0 Å². The third kappa shape index (κ3) is 3.78. The maximum absolute atomic E-state index is 5.56. The fourth-order valence-corrected chi connectivity index (χ4v) is 3.71. The van der Waals surface area contributed by atoms with Crippen LogP contribution in [0.3, 0.4) is 0 Å². The highest BCUT2D eigenvalue weighted by Gasteiger charge is 2.24. The largest absolute Gasteiger partial charge is 0.496 e. The van der Waals surface area contributed by atoms with Gasteiger partial charge in [-0.3, -0.25) is 0 Å². The lowest BCUT2D eigenvalue weighted by molar-refractivity contribution is 0.256. The Balaban J connectivity index is 1.67. The van der Waals surface area contributed by atoms with Crippen LogP contribution in [0.5, 0.6) is 5.75 Å². The predicted octanol–water partition coefficient (Wildman–Crippen LogP) is 4.27. The molecule has 1 aliphatic rings. The number of benzene rings is 1. The van der Waals surface area contributed by atoms with E-state index in [0.29, 0.717) is 5.92 Å². The number of hydrogen-bond acceptors (Lipinski definition) is 3. The molecule has 2 aromatic rings. The van der Waals surface area contributed by atoms with E-state index in [2.05, 4.69) is 36.1 Å². The van der Waals surface area contributed by atoms with Crippen LogP contribution in [0.15, 0.2) is 41.0 Å². The zero-order valence-electron chi connectivity index (χ0n) is 14.3. The second kappa shape index (κ2) is 7.69. The van der Waals surface area contributed by atoms with Crippen LogP contribution in [0.4, 0.5) is 0 Å². The molecule has 1 heterocycles. The van der Waals surface area contributed by atoms with Crippen molar-refractivity contribution >= 4 is 0 Å². The van der Waals surface area contributed by atoms with Crippen molar-refractivity contribution in [2.24, 2.45) is 0 Å². The lowest BCUT2D eigenvalue weighted by Gasteiger charge is -2.31. The molecule has 0 bridgehead atoms. The summed E-state index contributed by atoms with van der Waals surface area (Å²) in [6.45, 7) is 5.51. The van der Waals surface area contributed by atoms with Gasteiger partial charge in [0.15, 0.2) is 0 Å². The Morgan fingerprint density at radius 2 is 2.17 bits per heavy atom. The molecular formula is C20H27NO2. The minimum absolute atomic E-state index is 0.616. The van der Waals surface area contributed by atoms with Gasteiger partial charge in [0.25, 0.3) is 0 Å². The van der Waals surface area contributed by atoms with Crippen molar-refractivity contribution < 1.29 is 9.15 Å². The molecule has 0 radical (unpaired) electrons. The molecule has 0 fully saturated rings. The molecule has 1 aliphatic carbocycles. The summed E-state index contributed by atoms with van der Waals surface area (Å²) in [6, 6.07) is 10.6. The maximum Gasteiger partial charge on any atom is 0.122 e. The van der Waals surface area contributed by atoms with Gasteiger partial charge in [-0.25, -0.2) is 0 Å². The van der Waals surface area contributed by atoms with Crippen LogP contribution in [-0.2, 0) is 12.8 Å². The average molecular weight is 313 g/mol. The van der Waals surface area contributed by atoms with Crippen LogP contribution in [0.25, 0.3) is 0 Å². The number of nitrogens with zero attached hydrogens (tertiary/aromatic N) is 1. The summed E-state index contributed by atoms with van der Waals surface area (Å²) in [5, 5.41) is 0. The van der Waals surface area contributed by atoms with Crippen molar-refractivity contribution in [1.82, 2.24) is 4.90 Å². The standard InChI is InChI=1S/C20H27NO2/c1-3-21(13-12-17-8-6-14-23-17)15-16-7-4-10-19-18(16)9-5-11-20(19)22-2/h5-6,8-9,11,14,16H,3-4,7,10,12-13,15H2,1-2H3. The Hall–Kier alpha value is -1.74. The van der Waals surface area contributed by atoms with E-state index >= 15 is 0 Å². The van der Waals surface area contributed by atoms with E-state index in [0.717, 1.165) is 44.0 Å². The lowest BCUT2D eigenvalue weighted by atomic mass is 9.82. The molecule has 3 heteroatoms. The highest BCUT2D eigenvalue weighted by atomic mass is 16.5. The van der Waals surface area contributed by atoms with Gasteiger partial charge in [0, 0.05) is 19.5 Å². The van der Waals surface area contributed by atoms with Crippen molar-refractivity contribution in [2.75, 3.05) is 26.7 Å². The van der Waals surface area contributed by atoms with Gasteiger partial charge in [-0.05, 0) is 61.1 Å². The molecule has 3 rings (SSSR count). The van der Waals surface area contributed by atoms with Crippen LogP contribution in [0, 0.1) is 0 Å². The minimum Gasteiger partial charge on any atom is -0.496 e. The number of rotatable bonds is 7. The number of fused-ring (bicyclic) bond motifs is 1. The van der Waals surface area contributed by atoms with Crippen molar-refractivity contribution in [1.29, 1.82) is 0 Å². The molecule has 0 N–H and O–H groups in total. The van der Waals surface area contributed by atoms with E-state index in [9.17, 15) is 0 Å². The molecule has 23 heavy (non-hydrogen) atoms. The van der Waals surface area contributed by atoms with Crippen molar-refractivity contribution in [2.45, 2.75) is 38.5 Å². The monoisotopic (exact) mass is 313 g/mol. The van der Waals surface area contributed by atoms with Gasteiger partial charge >= 0.3 is 0 Å². The molecule has 0 aliphatic heterocycles. The average Bonchev–Trinajstić information content (AvgIpc) is 3.11. The summed E-state index contributed by atoms with van der Waals surface area (Å²) >= 11 is 0. The molecule has 3 nitrogen and oxygen atoms in total. The fourth-order valence-electron chi connectivity index (χ4n) is 3.71. The molecule has 1 aromatic carbocycles. The Bertz CT molecular complexity index is 606. The van der Waals surface area contributed by atoms with Gasteiger partial charge in [0.05, 0.1) is 13.4 Å². The summed E-state index contributed by atoms with van der Waals surface area (Å²) in [5.41, 5.74) is 2.92. The Morgan fingerprint density at radius 3 is 2.91 bits per heavy atom. The Labute approximate surface area is 139 Å². The molecule has 0 spiro atoms. The lowest BCUT2D eigenvalue weighted by Crippen LogP contribution is -2.32. The van der Waals surface area contributed by atoms with Crippen LogP contribution in [-0.4, -0.2) is 31.6 Å². The summed E-state index contributed by atoms with van der Waals surface area (Å²) in [6.07, 6.45) is 6.42. The van der Waals surface area contributed by atoms with Crippen LogP contribution < -0.4 is 4.74 Å². The Kier molecular flexibility index (Phi) is 5.39. The van der Waals surface area contributed by atoms with E-state index in [1.54, 1.807) is 13.4 Å². The summed E-state index contributed by atoms with van der Waals surface area (Å²) in [5.74, 6) is 2.75. The third-order valence-corrected chi connectivity index (χ3v) is 4.99. The number of methoxy groups -OCH3 is 1. The SMILES string of the molecule is CCN(CCc1ccco1)CC1CCCc2c(OC)cccc21. The first kappa shape index (κ1) is 16.1. The first-order valence-corrected chi connectivity index (χ1v) is 8.72. The van der Waals surface area contributed by atoms with E-state index in [1.165, 1.54) is 24.0 Å². The summed E-state index contributed by atoms with van der Waals surface area (Å²) in [4.78, 5) is 2.54. The molecule has 1 atom stereocenters. The smallest absolute Gasteiger partial charge is 0.122 e. The van der Waals surface area contributed by atoms with Gasteiger partial charge in [0.1, 0.15) is 11.5 Å². The van der Waals surface area contributed by atoms with Gasteiger partial charge in [-0.2, -0.15) is 0 Å². The van der Waals surface area contributed by atoms with Gasteiger partial charge in [0.2, 0.25) is 0 Å². The Morgan fingerprint density at radius 1 is 1.26 bits per heavy atom. The first-order valence-electron chi connectivity index (χ1n) is 8.72. The molecule has 0 saturated heterocycles. The van der Waals surface area contributed by atoms with Crippen LogP contribution >= 0.6 is 0 Å². The second-order valence-electron chi connectivity index (χ2n) is 6.34. The minimum atomic E-state index is 0.616. The third-order valence-electron chi connectivity index (χ3n) is 4.99. The predicted molar refractivity (Wildman–Crippen MR) is 93.2 cm³/mol. The molecular weight excluding hydrogens is 286 g/mol. The van der Waals surface area contributed by atoms with Crippen molar-refractivity contribution in [3.8, 4) is 5.75 Å². The number of furan rings is 1. The van der Waals surface area contributed by atoms with E-state index in [4.69, 9.17) is 9.15 Å². The summed E-state index contributed by atoms with van der Waals surface area (Å²) < 4.78 is 11.0. The van der Waals surface area contributed by atoms with Crippen LogP contribution in [0.2, 0.25) is 0 Å². The highest BCUT2D eigenvalue weighted by molar-refractivity contribution is 5.43. The number of ether oxygens (including phenoxy) is 1. The zero-order valence-corrected chi connectivity index (χ0v) is 14.3. The van der Waals surface area contributed by atoms with E-state index < -0.39 is 0 Å². The number of likely N-dealkylation sites (N-methyl/N-ethyl adjacent to an activating group) is 1. The van der Waals surface area contributed by atoms with Crippen molar-refractivity contribution in [3.63, 3.8) is 0 Å². The molecule has 124 valence electrons. The van der Waals surface area contributed by atoms with Crippen LogP contribution in [0.1, 0.15) is 42.6 Å². The first-order chi connectivity index (χ1) is 11.3. The maximum atomic E-state index is 5.56. The quantitative estimate of drug-likeness (QED) is 0.763. The molecule has 1 aromatic heterocycles. The highest BCUT2D eigenvalue weighted by Crippen LogP contribution is 2.37. The van der Waals surface area contributed by atoms with Gasteiger partial charge < -0.3 is 14.1 Å². The number of hydrogen-bond donors (Lipinski definition) is 0. The fraction of sp³-hybridized carbons (Fsp3) is 0.500. The van der Waals surface area contributed by atoms with Gasteiger partial charge in [-0.15, -0.1) is 0 Å². The molecule has 0 saturated carbocycles.